The van der Waals surface area contributed by atoms with Gasteiger partial charge in [0.15, 0.2) is 0 Å². The van der Waals surface area contributed by atoms with Gasteiger partial charge in [-0.25, -0.2) is 0 Å². The Morgan fingerprint density at radius 1 is 1.18 bits per heavy atom. The van der Waals surface area contributed by atoms with Crippen molar-refractivity contribution in [3.63, 3.8) is 0 Å². The molecule has 0 radical (unpaired) electrons. The molecule has 1 aromatic heterocycles. The number of fused-ring (bicyclic) bond motifs is 1. The normalized spacial score (nSPS) is 18.2. The molecule has 0 unspecified atom stereocenters. The summed E-state index contributed by atoms with van der Waals surface area (Å²) in [5.41, 5.74) is 8.88. The molecular weight excluding hydrogens is 232 g/mol. The number of H-pyrrole nitrogens is 1. The molecule has 1 aliphatic carbocycles. The first kappa shape index (κ1) is 12.5. The summed E-state index contributed by atoms with van der Waals surface area (Å²) in [7, 11) is 0. The third-order valence-corrected chi connectivity index (χ3v) is 3.89. The smallest absolute Gasteiger partial charge is 0.0457 e. The predicted octanol–water partition coefficient (Wildman–Crippen LogP) is 3.78. The first-order chi connectivity index (χ1) is 7.86. The van der Waals surface area contributed by atoms with Crippen LogP contribution in [-0.4, -0.2) is 4.98 Å². The molecule has 3 heteroatoms. The van der Waals surface area contributed by atoms with Crippen molar-refractivity contribution in [1.82, 2.24) is 4.98 Å². The van der Waals surface area contributed by atoms with E-state index in [0.29, 0.717) is 5.92 Å². The van der Waals surface area contributed by atoms with Crippen molar-refractivity contribution in [1.29, 1.82) is 0 Å². The van der Waals surface area contributed by atoms with E-state index in [2.05, 4.69) is 35.4 Å². The fourth-order valence-corrected chi connectivity index (χ4v) is 2.94. The Kier molecular flexibility index (Phi) is 3.75. The molecule has 0 spiro atoms. The molecule has 0 bridgehead atoms. The maximum Gasteiger partial charge on any atom is 0.0457 e. The fourth-order valence-electron chi connectivity index (χ4n) is 2.94. The summed E-state index contributed by atoms with van der Waals surface area (Å²) in [6.45, 7) is 0. The predicted molar refractivity (Wildman–Crippen MR) is 74.4 cm³/mol. The van der Waals surface area contributed by atoms with Gasteiger partial charge in [0.1, 0.15) is 0 Å². The molecule has 0 aliphatic heterocycles. The molecule has 17 heavy (non-hydrogen) atoms. The van der Waals surface area contributed by atoms with Crippen LogP contribution >= 0.6 is 12.4 Å². The summed E-state index contributed by atoms with van der Waals surface area (Å²) in [4.78, 5) is 3.31. The first-order valence-corrected chi connectivity index (χ1v) is 6.18. The van der Waals surface area contributed by atoms with Crippen molar-refractivity contribution < 1.29 is 0 Å². The van der Waals surface area contributed by atoms with E-state index in [9.17, 15) is 0 Å². The lowest BCUT2D eigenvalue weighted by Crippen LogP contribution is -2.18. The Morgan fingerprint density at radius 2 is 1.88 bits per heavy atom. The summed E-state index contributed by atoms with van der Waals surface area (Å²) < 4.78 is 0. The number of rotatable bonds is 2. The van der Waals surface area contributed by atoms with Crippen LogP contribution < -0.4 is 5.73 Å². The Bertz CT molecular complexity index is 486. The summed E-state index contributed by atoms with van der Waals surface area (Å²) in [6.07, 6.45) is 7.37. The number of para-hydroxylation sites is 1. The first-order valence-electron chi connectivity index (χ1n) is 6.18. The Morgan fingerprint density at radius 3 is 2.65 bits per heavy atom. The highest BCUT2D eigenvalue weighted by Gasteiger charge is 2.24. The summed E-state index contributed by atoms with van der Waals surface area (Å²) >= 11 is 0. The highest BCUT2D eigenvalue weighted by Crippen LogP contribution is 2.36. The van der Waals surface area contributed by atoms with Gasteiger partial charge in [-0.3, -0.25) is 0 Å². The quantitative estimate of drug-likeness (QED) is 0.837. The van der Waals surface area contributed by atoms with E-state index in [-0.39, 0.29) is 18.4 Å². The van der Waals surface area contributed by atoms with E-state index < -0.39 is 0 Å². The highest BCUT2D eigenvalue weighted by atomic mass is 35.5. The van der Waals surface area contributed by atoms with Crippen LogP contribution in [0.5, 0.6) is 0 Å². The third-order valence-electron chi connectivity index (χ3n) is 3.89. The molecule has 92 valence electrons. The second-order valence-corrected chi connectivity index (χ2v) is 4.86. The number of halogens is 1. The molecule has 0 amide bonds. The molecule has 1 atom stereocenters. The zero-order valence-electron chi connectivity index (χ0n) is 9.86. The number of aromatic amines is 1. The molecule has 0 saturated heterocycles. The molecule has 1 heterocycles. The number of benzene rings is 1. The van der Waals surface area contributed by atoms with E-state index in [1.54, 1.807) is 0 Å². The van der Waals surface area contributed by atoms with Crippen LogP contribution in [0.25, 0.3) is 10.9 Å². The van der Waals surface area contributed by atoms with Crippen LogP contribution in [0, 0.1) is 5.92 Å². The molecule has 1 fully saturated rings. The van der Waals surface area contributed by atoms with Gasteiger partial charge in [0.05, 0.1) is 0 Å². The summed E-state index contributed by atoms with van der Waals surface area (Å²) in [5.74, 6) is 0.680. The monoisotopic (exact) mass is 250 g/mol. The van der Waals surface area contributed by atoms with Crippen molar-refractivity contribution >= 4 is 23.3 Å². The van der Waals surface area contributed by atoms with E-state index in [1.807, 2.05) is 0 Å². The van der Waals surface area contributed by atoms with Crippen molar-refractivity contribution in [2.75, 3.05) is 0 Å². The Balaban J connectivity index is 0.00000108. The second kappa shape index (κ2) is 5.11. The molecule has 2 aromatic rings. The summed E-state index contributed by atoms with van der Waals surface area (Å²) in [5, 5.41) is 1.29. The van der Waals surface area contributed by atoms with Gasteiger partial charge in [-0.15, -0.1) is 12.4 Å². The standard InChI is InChI=1S/C14H18N2.ClH/c15-14(10-5-1-2-6-10)12-9-16-13-8-4-3-7-11(12)13;/h3-4,7-10,14,16H,1-2,5-6,15H2;1H/t14-;/m1./s1. The largest absolute Gasteiger partial charge is 0.361 e. The minimum Gasteiger partial charge on any atom is -0.361 e. The van der Waals surface area contributed by atoms with Gasteiger partial charge in [0.2, 0.25) is 0 Å². The van der Waals surface area contributed by atoms with Gasteiger partial charge in [-0.05, 0) is 30.4 Å². The molecule has 3 N–H and O–H groups in total. The SMILES string of the molecule is Cl.N[C@@H](c1c[nH]c2ccccc12)C1CCCC1. The van der Waals surface area contributed by atoms with Crippen molar-refractivity contribution in [3.8, 4) is 0 Å². The van der Waals surface area contributed by atoms with Crippen LogP contribution in [0.1, 0.15) is 37.3 Å². The van der Waals surface area contributed by atoms with E-state index >= 15 is 0 Å². The number of aromatic nitrogens is 1. The van der Waals surface area contributed by atoms with Crippen LogP contribution in [0.4, 0.5) is 0 Å². The van der Waals surface area contributed by atoms with Crippen molar-refractivity contribution in [2.45, 2.75) is 31.7 Å². The minimum absolute atomic E-state index is 0. The minimum atomic E-state index is 0. The van der Waals surface area contributed by atoms with Crippen LogP contribution in [0.15, 0.2) is 30.5 Å². The lowest BCUT2D eigenvalue weighted by atomic mass is 9.92. The Labute approximate surface area is 108 Å². The maximum atomic E-state index is 6.39. The third kappa shape index (κ3) is 2.20. The van der Waals surface area contributed by atoms with Gasteiger partial charge >= 0.3 is 0 Å². The number of nitrogens with one attached hydrogen (secondary N) is 1. The van der Waals surface area contributed by atoms with Gasteiger partial charge in [-0.1, -0.05) is 31.0 Å². The van der Waals surface area contributed by atoms with Crippen molar-refractivity contribution in [2.24, 2.45) is 11.7 Å². The molecule has 3 rings (SSSR count). The topological polar surface area (TPSA) is 41.8 Å². The molecule has 2 nitrogen and oxygen atoms in total. The zero-order valence-corrected chi connectivity index (χ0v) is 10.7. The lowest BCUT2D eigenvalue weighted by Gasteiger charge is -2.18. The zero-order chi connectivity index (χ0) is 11.0. The average molecular weight is 251 g/mol. The van der Waals surface area contributed by atoms with Gasteiger partial charge in [-0.2, -0.15) is 0 Å². The van der Waals surface area contributed by atoms with E-state index in [1.165, 1.54) is 42.1 Å². The van der Waals surface area contributed by atoms with E-state index in [4.69, 9.17) is 5.73 Å². The average Bonchev–Trinajstić information content (AvgIpc) is 2.98. The molecular formula is C14H19ClN2. The fraction of sp³-hybridized carbons (Fsp3) is 0.429. The number of nitrogens with two attached hydrogens (primary N) is 1. The van der Waals surface area contributed by atoms with Crippen molar-refractivity contribution in [3.05, 3.63) is 36.0 Å². The maximum absolute atomic E-state index is 6.39. The van der Waals surface area contributed by atoms with Gasteiger partial charge < -0.3 is 10.7 Å². The van der Waals surface area contributed by atoms with E-state index in [0.717, 1.165) is 0 Å². The van der Waals surface area contributed by atoms with Gasteiger partial charge in [0, 0.05) is 23.1 Å². The van der Waals surface area contributed by atoms with Gasteiger partial charge in [0.25, 0.3) is 0 Å². The molecule has 1 saturated carbocycles. The summed E-state index contributed by atoms with van der Waals surface area (Å²) in [6, 6.07) is 8.62. The number of hydrogen-bond donors (Lipinski definition) is 2. The Hall–Kier alpha value is -0.990. The van der Waals surface area contributed by atoms with Crippen LogP contribution in [-0.2, 0) is 0 Å². The van der Waals surface area contributed by atoms with Crippen LogP contribution in [0.2, 0.25) is 0 Å². The number of hydrogen-bond acceptors (Lipinski definition) is 1. The highest BCUT2D eigenvalue weighted by molar-refractivity contribution is 5.85. The molecule has 1 aromatic carbocycles. The lowest BCUT2D eigenvalue weighted by molar-refractivity contribution is 0.447. The second-order valence-electron chi connectivity index (χ2n) is 4.86. The van der Waals surface area contributed by atoms with Crippen LogP contribution in [0.3, 0.4) is 0 Å². The molecule has 1 aliphatic rings.